The predicted octanol–water partition coefficient (Wildman–Crippen LogP) is 3.51. The minimum absolute atomic E-state index is 0.0175. The molecule has 0 aliphatic carbocycles. The molecule has 1 N–H and O–H groups in total. The van der Waals surface area contributed by atoms with E-state index in [1.807, 2.05) is 0 Å². The Kier molecular flexibility index (Phi) is 4.95. The number of nitrogens with zero attached hydrogens (tertiary/aromatic N) is 1. The second-order valence-corrected chi connectivity index (χ2v) is 6.84. The lowest BCUT2D eigenvalue weighted by molar-refractivity contribution is -0.385. The summed E-state index contributed by atoms with van der Waals surface area (Å²) in [6, 6.07) is 5.54. The van der Waals surface area contributed by atoms with Crippen LogP contribution in [0.3, 0.4) is 0 Å². The van der Waals surface area contributed by atoms with Crippen molar-refractivity contribution in [2.75, 3.05) is 11.8 Å². The number of anilines is 1. The maximum Gasteiger partial charge on any atom is 0.273 e. The Labute approximate surface area is 142 Å². The molecule has 0 saturated carbocycles. The van der Waals surface area contributed by atoms with Crippen LogP contribution in [0.1, 0.15) is 5.56 Å². The van der Waals surface area contributed by atoms with E-state index in [1.54, 1.807) is 0 Å². The maximum absolute atomic E-state index is 14.0. The van der Waals surface area contributed by atoms with Gasteiger partial charge in [0.2, 0.25) is 0 Å². The molecule has 0 aliphatic heterocycles. The number of rotatable bonds is 5. The van der Waals surface area contributed by atoms with Crippen LogP contribution in [-0.4, -0.2) is 20.5 Å². The van der Waals surface area contributed by atoms with Crippen molar-refractivity contribution in [3.63, 3.8) is 0 Å². The lowest BCUT2D eigenvalue weighted by Crippen LogP contribution is -2.15. The van der Waals surface area contributed by atoms with Crippen LogP contribution in [0.2, 0.25) is 5.02 Å². The number of methoxy groups -OCH3 is 1. The molecule has 0 saturated heterocycles. The number of halogens is 2. The lowest BCUT2D eigenvalue weighted by Gasteiger charge is -2.11. The second-order valence-electron chi connectivity index (χ2n) is 4.78. The van der Waals surface area contributed by atoms with Crippen molar-refractivity contribution in [2.24, 2.45) is 0 Å². The van der Waals surface area contributed by atoms with E-state index in [-0.39, 0.29) is 16.3 Å². The number of hydrogen-bond acceptors (Lipinski definition) is 5. The number of sulfonamides is 1. The maximum atomic E-state index is 14.0. The first-order valence-corrected chi connectivity index (χ1v) is 8.32. The van der Waals surface area contributed by atoms with E-state index in [0.29, 0.717) is 11.8 Å². The molecule has 2 aromatic carbocycles. The highest BCUT2D eigenvalue weighted by molar-refractivity contribution is 7.92. The molecule has 0 atom stereocenters. The summed E-state index contributed by atoms with van der Waals surface area (Å²) < 4.78 is 45.7. The van der Waals surface area contributed by atoms with E-state index in [2.05, 4.69) is 4.72 Å². The van der Waals surface area contributed by atoms with Crippen molar-refractivity contribution >= 4 is 33.0 Å². The normalized spacial score (nSPS) is 11.2. The fourth-order valence-electron chi connectivity index (χ4n) is 1.98. The topological polar surface area (TPSA) is 98.5 Å². The molecule has 24 heavy (non-hydrogen) atoms. The molecule has 0 amide bonds. The molecule has 0 spiro atoms. The first kappa shape index (κ1) is 18.0. The number of ether oxygens (including phenoxy) is 1. The Bertz CT molecular complexity index is 918. The smallest absolute Gasteiger partial charge is 0.273 e. The zero-order valence-corrected chi connectivity index (χ0v) is 14.1. The number of nitrogens with one attached hydrogen (secondary N) is 1. The van der Waals surface area contributed by atoms with Gasteiger partial charge in [0.15, 0.2) is 0 Å². The van der Waals surface area contributed by atoms with Gasteiger partial charge < -0.3 is 4.74 Å². The Morgan fingerprint density at radius 2 is 1.96 bits per heavy atom. The average Bonchev–Trinajstić information content (AvgIpc) is 2.46. The molecule has 0 unspecified atom stereocenters. The molecule has 128 valence electrons. The summed E-state index contributed by atoms with van der Waals surface area (Å²) in [4.78, 5) is 9.32. The molecule has 0 radical (unpaired) electrons. The highest BCUT2D eigenvalue weighted by atomic mass is 35.5. The lowest BCUT2D eigenvalue weighted by atomic mass is 10.2. The largest absolute Gasteiger partial charge is 0.495 e. The Morgan fingerprint density at radius 1 is 1.29 bits per heavy atom. The van der Waals surface area contributed by atoms with Crippen molar-refractivity contribution in [3.8, 4) is 5.75 Å². The van der Waals surface area contributed by atoms with Crippen LogP contribution in [-0.2, 0) is 10.0 Å². The molecule has 0 heterocycles. The molecule has 0 bridgehead atoms. The van der Waals surface area contributed by atoms with Gasteiger partial charge in [0.1, 0.15) is 16.5 Å². The first-order valence-electron chi connectivity index (χ1n) is 6.46. The van der Waals surface area contributed by atoms with Gasteiger partial charge in [-0.2, -0.15) is 0 Å². The molecule has 2 aromatic rings. The van der Waals surface area contributed by atoms with Gasteiger partial charge in [-0.1, -0.05) is 11.6 Å². The molecule has 7 nitrogen and oxygen atoms in total. The number of hydrogen-bond donors (Lipinski definition) is 1. The van der Waals surface area contributed by atoms with Gasteiger partial charge in [0.25, 0.3) is 15.7 Å². The fraction of sp³-hybridized carbons (Fsp3) is 0.143. The van der Waals surface area contributed by atoms with E-state index >= 15 is 0 Å². The average molecular weight is 375 g/mol. The summed E-state index contributed by atoms with van der Waals surface area (Å²) in [6.45, 7) is 1.31. The van der Waals surface area contributed by atoms with E-state index in [4.69, 9.17) is 16.3 Å². The quantitative estimate of drug-likeness (QED) is 0.637. The minimum Gasteiger partial charge on any atom is -0.495 e. The van der Waals surface area contributed by atoms with Gasteiger partial charge in [0, 0.05) is 11.6 Å². The highest BCUT2D eigenvalue weighted by Crippen LogP contribution is 2.30. The summed E-state index contributed by atoms with van der Waals surface area (Å²) in [5, 5.41) is 11.1. The molecule has 10 heteroatoms. The van der Waals surface area contributed by atoms with Crippen molar-refractivity contribution in [1.29, 1.82) is 0 Å². The third-order valence-electron chi connectivity index (χ3n) is 3.14. The van der Waals surface area contributed by atoms with E-state index in [1.165, 1.54) is 32.2 Å². The highest BCUT2D eigenvalue weighted by Gasteiger charge is 2.25. The van der Waals surface area contributed by atoms with Crippen LogP contribution in [0.15, 0.2) is 35.2 Å². The standard InChI is InChI=1S/C14H12ClFN2O5S/c1-8-5-11(16)14(7-12(8)18(19)20)24(21,22)17-9-3-4-13(23-2)10(15)6-9/h3-7,17H,1-2H3. The van der Waals surface area contributed by atoms with Gasteiger partial charge in [-0.05, 0) is 31.2 Å². The molecule has 0 fully saturated rings. The van der Waals surface area contributed by atoms with Crippen LogP contribution >= 0.6 is 11.6 Å². The molecule has 0 aromatic heterocycles. The SMILES string of the molecule is COc1ccc(NS(=O)(=O)c2cc([N+](=O)[O-])c(C)cc2F)cc1Cl. The van der Waals surface area contributed by atoms with Gasteiger partial charge in [-0.3, -0.25) is 14.8 Å². The number of aryl methyl sites for hydroxylation is 1. The molecular weight excluding hydrogens is 363 g/mol. The van der Waals surface area contributed by atoms with Crippen molar-refractivity contribution < 1.29 is 22.5 Å². The van der Waals surface area contributed by atoms with Crippen LogP contribution in [0.5, 0.6) is 5.75 Å². The number of benzene rings is 2. The monoisotopic (exact) mass is 374 g/mol. The minimum atomic E-state index is -4.38. The van der Waals surface area contributed by atoms with Crippen molar-refractivity contribution in [3.05, 3.63) is 56.8 Å². The summed E-state index contributed by atoms with van der Waals surface area (Å²) >= 11 is 5.90. The summed E-state index contributed by atoms with van der Waals surface area (Å²) in [5.74, 6) is -0.762. The Morgan fingerprint density at radius 3 is 2.50 bits per heavy atom. The van der Waals surface area contributed by atoms with Crippen LogP contribution in [0, 0.1) is 22.9 Å². The van der Waals surface area contributed by atoms with Crippen LogP contribution in [0.4, 0.5) is 15.8 Å². The zero-order chi connectivity index (χ0) is 18.1. The first-order chi connectivity index (χ1) is 11.2. The third kappa shape index (κ3) is 3.57. The second kappa shape index (κ2) is 6.62. The van der Waals surface area contributed by atoms with Crippen LogP contribution in [0.25, 0.3) is 0 Å². The van der Waals surface area contributed by atoms with Gasteiger partial charge in [-0.25, -0.2) is 12.8 Å². The summed E-state index contributed by atoms with van der Waals surface area (Å²) in [6.07, 6.45) is 0. The van der Waals surface area contributed by atoms with Crippen molar-refractivity contribution in [2.45, 2.75) is 11.8 Å². The number of nitro benzene ring substituents is 1. The Balaban J connectivity index is 2.46. The van der Waals surface area contributed by atoms with Gasteiger partial charge in [-0.15, -0.1) is 0 Å². The molecular formula is C14H12ClFN2O5S. The Hall–Kier alpha value is -2.39. The number of nitro groups is 1. The molecule has 0 aliphatic rings. The summed E-state index contributed by atoms with van der Waals surface area (Å²) in [5.41, 5.74) is -0.420. The van der Waals surface area contributed by atoms with E-state index in [9.17, 15) is 22.9 Å². The van der Waals surface area contributed by atoms with Gasteiger partial charge >= 0.3 is 0 Å². The van der Waals surface area contributed by atoms with E-state index in [0.717, 1.165) is 6.07 Å². The van der Waals surface area contributed by atoms with Crippen LogP contribution < -0.4 is 9.46 Å². The predicted molar refractivity (Wildman–Crippen MR) is 86.6 cm³/mol. The van der Waals surface area contributed by atoms with Crippen molar-refractivity contribution in [1.82, 2.24) is 0 Å². The fourth-order valence-corrected chi connectivity index (χ4v) is 3.37. The van der Waals surface area contributed by atoms with E-state index < -0.39 is 31.3 Å². The third-order valence-corrected chi connectivity index (χ3v) is 4.83. The summed E-state index contributed by atoms with van der Waals surface area (Å²) in [7, 11) is -2.99. The van der Waals surface area contributed by atoms with Gasteiger partial charge in [0.05, 0.1) is 22.7 Å². The molecule has 2 rings (SSSR count). The zero-order valence-electron chi connectivity index (χ0n) is 12.5.